The van der Waals surface area contributed by atoms with Gasteiger partial charge in [-0.2, -0.15) is 0 Å². The maximum absolute atomic E-state index is 12.1. The molecule has 0 bridgehead atoms. The summed E-state index contributed by atoms with van der Waals surface area (Å²) in [5.41, 5.74) is 7.43. The third-order valence-corrected chi connectivity index (χ3v) is 4.12. The van der Waals surface area contributed by atoms with Gasteiger partial charge < -0.3 is 16.2 Å². The van der Waals surface area contributed by atoms with Crippen molar-refractivity contribution in [3.8, 4) is 0 Å². The Morgan fingerprint density at radius 3 is 2.21 bits per heavy atom. The van der Waals surface area contributed by atoms with Gasteiger partial charge in [0.15, 0.2) is 0 Å². The predicted molar refractivity (Wildman–Crippen MR) is 94.6 cm³/mol. The highest BCUT2D eigenvalue weighted by Crippen LogP contribution is 2.25. The average molecular weight is 367 g/mol. The van der Waals surface area contributed by atoms with E-state index >= 15 is 0 Å². The number of carboxylic acid groups (broad SMARTS) is 1. The third-order valence-electron chi connectivity index (χ3n) is 3.41. The summed E-state index contributed by atoms with van der Waals surface area (Å²) in [6, 6.07) is 10.9. The molecule has 1 amide bonds. The van der Waals surface area contributed by atoms with Crippen molar-refractivity contribution in [3.63, 3.8) is 0 Å². The summed E-state index contributed by atoms with van der Waals surface area (Å²) in [4.78, 5) is 22.9. The first-order valence-corrected chi connectivity index (χ1v) is 7.92. The Kier molecular flexibility index (Phi) is 6.20. The van der Waals surface area contributed by atoms with Gasteiger partial charge in [0.1, 0.15) is 6.04 Å². The molecular weight excluding hydrogens is 351 g/mol. The number of benzene rings is 2. The molecule has 0 aromatic heterocycles. The standard InChI is InChI=1S/C17H16Cl2N2O3/c18-13-2-1-3-14(19)12(13)9-16(22)21-11-6-4-10(5-7-11)8-15(20)17(23)24/h1-7,15H,8-9,20H2,(H,21,22)(H,23,24)/t15-/m0/s1. The molecule has 7 heteroatoms. The van der Waals surface area contributed by atoms with Crippen molar-refractivity contribution < 1.29 is 14.7 Å². The van der Waals surface area contributed by atoms with Crippen molar-refractivity contribution in [1.82, 2.24) is 0 Å². The van der Waals surface area contributed by atoms with Gasteiger partial charge in [-0.1, -0.05) is 41.4 Å². The van der Waals surface area contributed by atoms with Crippen LogP contribution in [0.5, 0.6) is 0 Å². The second-order valence-electron chi connectivity index (χ2n) is 5.27. The topological polar surface area (TPSA) is 92.4 Å². The minimum atomic E-state index is -1.05. The van der Waals surface area contributed by atoms with Gasteiger partial charge in [0.2, 0.25) is 5.91 Å². The number of nitrogens with one attached hydrogen (secondary N) is 1. The molecule has 0 heterocycles. The van der Waals surface area contributed by atoms with Crippen molar-refractivity contribution in [1.29, 1.82) is 0 Å². The van der Waals surface area contributed by atoms with E-state index < -0.39 is 12.0 Å². The molecule has 1 atom stereocenters. The maximum atomic E-state index is 12.1. The molecule has 126 valence electrons. The lowest BCUT2D eigenvalue weighted by molar-refractivity contribution is -0.138. The summed E-state index contributed by atoms with van der Waals surface area (Å²) >= 11 is 12.1. The van der Waals surface area contributed by atoms with Gasteiger partial charge in [-0.25, -0.2) is 0 Å². The Labute approximate surface area is 149 Å². The van der Waals surface area contributed by atoms with Gasteiger partial charge in [-0.15, -0.1) is 0 Å². The highest BCUT2D eigenvalue weighted by Gasteiger charge is 2.13. The quantitative estimate of drug-likeness (QED) is 0.731. The van der Waals surface area contributed by atoms with Crippen molar-refractivity contribution in [3.05, 3.63) is 63.6 Å². The lowest BCUT2D eigenvalue weighted by Gasteiger charge is -2.10. The largest absolute Gasteiger partial charge is 0.480 e. The highest BCUT2D eigenvalue weighted by atomic mass is 35.5. The van der Waals surface area contributed by atoms with Crippen LogP contribution in [0, 0.1) is 0 Å². The number of halogens is 2. The summed E-state index contributed by atoms with van der Waals surface area (Å²) in [7, 11) is 0. The molecule has 24 heavy (non-hydrogen) atoms. The van der Waals surface area contributed by atoms with E-state index in [0.29, 0.717) is 21.3 Å². The predicted octanol–water partition coefficient (Wildman–Crippen LogP) is 3.13. The van der Waals surface area contributed by atoms with Crippen LogP contribution in [-0.2, 0) is 22.4 Å². The number of nitrogens with two attached hydrogens (primary N) is 1. The molecule has 2 rings (SSSR count). The number of carbonyl (C=O) groups is 2. The van der Waals surface area contributed by atoms with Gasteiger partial charge in [-0.05, 0) is 41.8 Å². The first-order valence-electron chi connectivity index (χ1n) is 7.17. The van der Waals surface area contributed by atoms with E-state index in [1.807, 2.05) is 0 Å². The number of hydrogen-bond donors (Lipinski definition) is 3. The van der Waals surface area contributed by atoms with Gasteiger partial charge in [0, 0.05) is 15.7 Å². The Morgan fingerprint density at radius 2 is 1.67 bits per heavy atom. The van der Waals surface area contributed by atoms with E-state index in [9.17, 15) is 9.59 Å². The second-order valence-corrected chi connectivity index (χ2v) is 6.09. The zero-order chi connectivity index (χ0) is 17.7. The number of carbonyl (C=O) groups excluding carboxylic acids is 1. The first kappa shape index (κ1) is 18.3. The highest BCUT2D eigenvalue weighted by molar-refractivity contribution is 6.36. The fraction of sp³-hybridized carbons (Fsp3) is 0.176. The van der Waals surface area contributed by atoms with Crippen LogP contribution in [0.3, 0.4) is 0 Å². The molecule has 0 unspecified atom stereocenters. The molecule has 0 aliphatic heterocycles. The van der Waals surface area contributed by atoms with Crippen LogP contribution in [0.1, 0.15) is 11.1 Å². The Bertz CT molecular complexity index is 728. The van der Waals surface area contributed by atoms with Crippen LogP contribution in [-0.4, -0.2) is 23.0 Å². The van der Waals surface area contributed by atoms with E-state index in [1.165, 1.54) is 0 Å². The Morgan fingerprint density at radius 1 is 1.08 bits per heavy atom. The minimum absolute atomic E-state index is 0.0597. The normalized spacial score (nSPS) is 11.8. The Hall–Kier alpha value is -2.08. The molecule has 0 radical (unpaired) electrons. The van der Waals surface area contributed by atoms with Crippen LogP contribution in [0.25, 0.3) is 0 Å². The number of rotatable bonds is 6. The molecule has 2 aromatic carbocycles. The van der Waals surface area contributed by atoms with E-state index in [2.05, 4.69) is 5.32 Å². The summed E-state index contributed by atoms with van der Waals surface area (Å²) in [6.07, 6.45) is 0.281. The van der Waals surface area contributed by atoms with Crippen molar-refractivity contribution >= 4 is 40.8 Å². The lowest BCUT2D eigenvalue weighted by Crippen LogP contribution is -2.32. The summed E-state index contributed by atoms with van der Waals surface area (Å²) in [5, 5.41) is 12.4. The van der Waals surface area contributed by atoms with Crippen molar-refractivity contribution in [2.45, 2.75) is 18.9 Å². The third kappa shape index (κ3) is 4.96. The monoisotopic (exact) mass is 366 g/mol. The molecule has 0 saturated carbocycles. The fourth-order valence-corrected chi connectivity index (χ4v) is 2.66. The van der Waals surface area contributed by atoms with Crippen LogP contribution in [0.2, 0.25) is 10.0 Å². The molecule has 4 N–H and O–H groups in total. The van der Waals surface area contributed by atoms with Gasteiger partial charge in [0.05, 0.1) is 6.42 Å². The number of amides is 1. The maximum Gasteiger partial charge on any atom is 0.320 e. The summed E-state index contributed by atoms with van der Waals surface area (Å²) < 4.78 is 0. The lowest BCUT2D eigenvalue weighted by atomic mass is 10.1. The first-order chi connectivity index (χ1) is 11.4. The van der Waals surface area contributed by atoms with Crippen molar-refractivity contribution in [2.75, 3.05) is 5.32 Å². The Balaban J connectivity index is 1.98. The van der Waals surface area contributed by atoms with Crippen LogP contribution in [0.15, 0.2) is 42.5 Å². The summed E-state index contributed by atoms with van der Waals surface area (Å²) in [5.74, 6) is -1.30. The molecular formula is C17H16Cl2N2O3. The molecule has 0 aliphatic carbocycles. The van der Waals surface area contributed by atoms with Gasteiger partial charge in [-0.3, -0.25) is 9.59 Å². The molecule has 5 nitrogen and oxygen atoms in total. The van der Waals surface area contributed by atoms with Crippen molar-refractivity contribution in [2.24, 2.45) is 5.73 Å². The molecule has 2 aromatic rings. The zero-order valence-electron chi connectivity index (χ0n) is 12.6. The fourth-order valence-electron chi connectivity index (χ4n) is 2.13. The minimum Gasteiger partial charge on any atom is -0.480 e. The average Bonchev–Trinajstić information content (AvgIpc) is 2.53. The molecule has 0 fully saturated rings. The number of anilines is 1. The number of hydrogen-bond acceptors (Lipinski definition) is 3. The van der Waals surface area contributed by atoms with E-state index in [4.69, 9.17) is 34.0 Å². The zero-order valence-corrected chi connectivity index (χ0v) is 14.1. The van der Waals surface area contributed by atoms with E-state index in [0.717, 1.165) is 5.56 Å². The summed E-state index contributed by atoms with van der Waals surface area (Å²) in [6.45, 7) is 0. The van der Waals surface area contributed by atoms with Crippen LogP contribution < -0.4 is 11.1 Å². The second kappa shape index (κ2) is 8.15. The molecule has 0 saturated heterocycles. The number of aliphatic carboxylic acids is 1. The molecule has 0 aliphatic rings. The van der Waals surface area contributed by atoms with Gasteiger partial charge >= 0.3 is 5.97 Å². The van der Waals surface area contributed by atoms with Crippen LogP contribution in [0.4, 0.5) is 5.69 Å². The van der Waals surface area contributed by atoms with Crippen LogP contribution >= 0.6 is 23.2 Å². The smallest absolute Gasteiger partial charge is 0.320 e. The number of carboxylic acids is 1. The van der Waals surface area contributed by atoms with Gasteiger partial charge in [0.25, 0.3) is 0 Å². The van der Waals surface area contributed by atoms with E-state index in [-0.39, 0.29) is 18.7 Å². The van der Waals surface area contributed by atoms with E-state index in [1.54, 1.807) is 42.5 Å². The SMILES string of the molecule is N[C@@H](Cc1ccc(NC(=O)Cc2c(Cl)cccc2Cl)cc1)C(=O)O. The molecule has 0 spiro atoms.